The highest BCUT2D eigenvalue weighted by atomic mass is 16.5. The number of ether oxygens (including phenoxy) is 2. The average Bonchev–Trinajstić information content (AvgIpc) is 2.71. The summed E-state index contributed by atoms with van der Waals surface area (Å²) < 4.78 is 11.9. The van der Waals surface area contributed by atoms with Crippen LogP contribution in [-0.2, 0) is 4.79 Å². The van der Waals surface area contributed by atoms with Gasteiger partial charge in [-0.3, -0.25) is 4.79 Å². The zero-order valence-electron chi connectivity index (χ0n) is 16.4. The molecule has 1 N–H and O–H groups in total. The standard InChI is InChI=1S/C24H25NO3/c1-4-22(28-20-15-14-17(2)18(3)16-20)24(26)25-21-12-8-9-13-23(21)27-19-10-6-5-7-11-19/h5-16,22H,4H2,1-3H3,(H,25,26). The molecule has 3 aromatic rings. The highest BCUT2D eigenvalue weighted by molar-refractivity contribution is 5.95. The quantitative estimate of drug-likeness (QED) is 0.560. The van der Waals surface area contributed by atoms with Crippen molar-refractivity contribution in [2.24, 2.45) is 0 Å². The van der Waals surface area contributed by atoms with Crippen molar-refractivity contribution in [2.45, 2.75) is 33.3 Å². The molecule has 3 aromatic carbocycles. The summed E-state index contributed by atoms with van der Waals surface area (Å²) in [4.78, 5) is 12.8. The van der Waals surface area contributed by atoms with Crippen LogP contribution >= 0.6 is 0 Å². The Bertz CT molecular complexity index is 938. The largest absolute Gasteiger partial charge is 0.481 e. The number of rotatable bonds is 7. The minimum atomic E-state index is -0.591. The van der Waals surface area contributed by atoms with E-state index < -0.39 is 6.10 Å². The summed E-state index contributed by atoms with van der Waals surface area (Å²) in [6.07, 6.45) is -0.0348. The van der Waals surface area contributed by atoms with Crippen LogP contribution in [0.3, 0.4) is 0 Å². The molecule has 4 heteroatoms. The molecule has 0 aromatic heterocycles. The number of carbonyl (C=O) groups excluding carboxylic acids is 1. The van der Waals surface area contributed by atoms with Gasteiger partial charge in [-0.15, -0.1) is 0 Å². The Morgan fingerprint density at radius 1 is 0.893 bits per heavy atom. The lowest BCUT2D eigenvalue weighted by atomic mass is 10.1. The second-order valence-electron chi connectivity index (χ2n) is 6.66. The Balaban J connectivity index is 1.73. The van der Waals surface area contributed by atoms with E-state index in [9.17, 15) is 4.79 Å². The molecule has 144 valence electrons. The van der Waals surface area contributed by atoms with Crippen molar-refractivity contribution in [3.05, 3.63) is 83.9 Å². The average molecular weight is 375 g/mol. The van der Waals surface area contributed by atoms with E-state index in [2.05, 4.69) is 5.32 Å². The second kappa shape index (κ2) is 9.09. The first-order valence-corrected chi connectivity index (χ1v) is 9.43. The topological polar surface area (TPSA) is 47.6 Å². The monoisotopic (exact) mass is 375 g/mol. The van der Waals surface area contributed by atoms with Crippen LogP contribution in [0.1, 0.15) is 24.5 Å². The highest BCUT2D eigenvalue weighted by Gasteiger charge is 2.20. The van der Waals surface area contributed by atoms with Gasteiger partial charge in [-0.25, -0.2) is 0 Å². The van der Waals surface area contributed by atoms with Gasteiger partial charge in [0.15, 0.2) is 11.9 Å². The summed E-state index contributed by atoms with van der Waals surface area (Å²) in [7, 11) is 0. The zero-order valence-corrected chi connectivity index (χ0v) is 16.4. The van der Waals surface area contributed by atoms with Crippen LogP contribution in [0.15, 0.2) is 72.8 Å². The number of hydrogen-bond donors (Lipinski definition) is 1. The molecule has 1 unspecified atom stereocenters. The first-order valence-electron chi connectivity index (χ1n) is 9.43. The maximum Gasteiger partial charge on any atom is 0.265 e. The third-order valence-electron chi connectivity index (χ3n) is 4.54. The fraction of sp³-hybridized carbons (Fsp3) is 0.208. The summed E-state index contributed by atoms with van der Waals surface area (Å²) in [5.41, 5.74) is 2.93. The first-order chi connectivity index (χ1) is 13.6. The van der Waals surface area contributed by atoms with E-state index in [0.29, 0.717) is 29.4 Å². The van der Waals surface area contributed by atoms with E-state index in [1.54, 1.807) is 0 Å². The molecule has 0 aliphatic heterocycles. The van der Waals surface area contributed by atoms with Gasteiger partial charge in [0.1, 0.15) is 11.5 Å². The molecule has 1 atom stereocenters. The summed E-state index contributed by atoms with van der Waals surface area (Å²) in [6, 6.07) is 22.7. The van der Waals surface area contributed by atoms with E-state index in [1.807, 2.05) is 93.6 Å². The van der Waals surface area contributed by atoms with Gasteiger partial charge in [0.2, 0.25) is 0 Å². The molecule has 0 bridgehead atoms. The number of nitrogens with one attached hydrogen (secondary N) is 1. The Kier molecular flexibility index (Phi) is 6.33. The molecule has 0 aliphatic rings. The van der Waals surface area contributed by atoms with Crippen molar-refractivity contribution in [3.8, 4) is 17.2 Å². The molecular weight excluding hydrogens is 350 g/mol. The van der Waals surface area contributed by atoms with Gasteiger partial charge in [-0.05, 0) is 67.8 Å². The molecule has 0 aliphatic carbocycles. The molecule has 4 nitrogen and oxygen atoms in total. The Morgan fingerprint density at radius 3 is 2.32 bits per heavy atom. The van der Waals surface area contributed by atoms with Crippen LogP contribution < -0.4 is 14.8 Å². The van der Waals surface area contributed by atoms with Gasteiger partial charge in [0, 0.05) is 0 Å². The van der Waals surface area contributed by atoms with Crippen LogP contribution in [0.4, 0.5) is 5.69 Å². The van der Waals surface area contributed by atoms with Crippen molar-refractivity contribution in [1.82, 2.24) is 0 Å². The Hall–Kier alpha value is -3.27. The smallest absolute Gasteiger partial charge is 0.265 e. The van der Waals surface area contributed by atoms with Crippen molar-refractivity contribution >= 4 is 11.6 Å². The third kappa shape index (κ3) is 4.92. The first kappa shape index (κ1) is 19.5. The van der Waals surface area contributed by atoms with E-state index in [-0.39, 0.29) is 5.91 Å². The Labute approximate surface area is 166 Å². The summed E-state index contributed by atoms with van der Waals surface area (Å²) in [6.45, 7) is 6.00. The van der Waals surface area contributed by atoms with Crippen LogP contribution in [0.5, 0.6) is 17.2 Å². The van der Waals surface area contributed by atoms with Gasteiger partial charge < -0.3 is 14.8 Å². The van der Waals surface area contributed by atoms with Gasteiger partial charge in [0.25, 0.3) is 5.91 Å². The van der Waals surface area contributed by atoms with Crippen LogP contribution in [0, 0.1) is 13.8 Å². The molecule has 1 amide bonds. The fourth-order valence-corrected chi connectivity index (χ4v) is 2.76. The van der Waals surface area contributed by atoms with E-state index >= 15 is 0 Å². The number of para-hydroxylation sites is 3. The zero-order chi connectivity index (χ0) is 19.9. The minimum Gasteiger partial charge on any atom is -0.481 e. The normalized spacial score (nSPS) is 11.5. The van der Waals surface area contributed by atoms with Crippen LogP contribution in [-0.4, -0.2) is 12.0 Å². The summed E-state index contributed by atoms with van der Waals surface area (Å²) >= 11 is 0. The second-order valence-corrected chi connectivity index (χ2v) is 6.66. The lowest BCUT2D eigenvalue weighted by molar-refractivity contribution is -0.122. The van der Waals surface area contributed by atoms with E-state index in [1.165, 1.54) is 5.56 Å². The Morgan fingerprint density at radius 2 is 1.61 bits per heavy atom. The van der Waals surface area contributed by atoms with Crippen molar-refractivity contribution in [1.29, 1.82) is 0 Å². The van der Waals surface area contributed by atoms with Crippen LogP contribution in [0.25, 0.3) is 0 Å². The minimum absolute atomic E-state index is 0.204. The predicted octanol–water partition coefficient (Wildman–Crippen LogP) is 5.89. The fourth-order valence-electron chi connectivity index (χ4n) is 2.76. The lowest BCUT2D eigenvalue weighted by Gasteiger charge is -2.19. The number of anilines is 1. The summed E-state index contributed by atoms with van der Waals surface area (Å²) in [5.74, 6) is 1.79. The van der Waals surface area contributed by atoms with Gasteiger partial charge in [-0.2, -0.15) is 0 Å². The number of benzene rings is 3. The maximum atomic E-state index is 12.8. The molecule has 28 heavy (non-hydrogen) atoms. The predicted molar refractivity (Wildman–Crippen MR) is 112 cm³/mol. The van der Waals surface area contributed by atoms with E-state index in [4.69, 9.17) is 9.47 Å². The molecule has 3 rings (SSSR count). The number of aryl methyl sites for hydroxylation is 2. The number of amides is 1. The summed E-state index contributed by atoms with van der Waals surface area (Å²) in [5, 5.41) is 2.94. The van der Waals surface area contributed by atoms with Crippen LogP contribution in [0.2, 0.25) is 0 Å². The molecular formula is C24H25NO3. The number of carbonyl (C=O) groups is 1. The van der Waals surface area contributed by atoms with Crippen molar-refractivity contribution in [3.63, 3.8) is 0 Å². The highest BCUT2D eigenvalue weighted by Crippen LogP contribution is 2.29. The van der Waals surface area contributed by atoms with Gasteiger partial charge in [0.05, 0.1) is 5.69 Å². The maximum absolute atomic E-state index is 12.8. The van der Waals surface area contributed by atoms with Crippen molar-refractivity contribution < 1.29 is 14.3 Å². The lowest BCUT2D eigenvalue weighted by Crippen LogP contribution is -2.32. The van der Waals surface area contributed by atoms with E-state index in [0.717, 1.165) is 5.56 Å². The molecule has 0 heterocycles. The molecule has 0 saturated heterocycles. The molecule has 0 saturated carbocycles. The SMILES string of the molecule is CCC(Oc1ccc(C)c(C)c1)C(=O)Nc1ccccc1Oc1ccccc1. The molecule has 0 spiro atoms. The van der Waals surface area contributed by atoms with Gasteiger partial charge in [-0.1, -0.05) is 43.3 Å². The molecule has 0 fully saturated rings. The van der Waals surface area contributed by atoms with Crippen molar-refractivity contribution in [2.75, 3.05) is 5.32 Å². The third-order valence-corrected chi connectivity index (χ3v) is 4.54. The van der Waals surface area contributed by atoms with Gasteiger partial charge >= 0.3 is 0 Å². The number of hydrogen-bond acceptors (Lipinski definition) is 3. The molecule has 0 radical (unpaired) electrons.